The number of anilines is 2. The van der Waals surface area contributed by atoms with Crippen LogP contribution in [0.4, 0.5) is 28.9 Å². The minimum absolute atomic E-state index is 0.106. The number of likely N-dealkylation sites (N-methyl/N-ethyl adjacent to an activating group) is 1. The Morgan fingerprint density at radius 2 is 1.81 bits per heavy atom. The van der Waals surface area contributed by atoms with Crippen LogP contribution < -0.4 is 9.64 Å². The lowest BCUT2D eigenvalue weighted by Crippen LogP contribution is -2.45. The molecule has 42 heavy (non-hydrogen) atoms. The molecule has 1 aliphatic heterocycles. The maximum Gasteiger partial charge on any atom is 0.313 e. The van der Waals surface area contributed by atoms with Crippen molar-refractivity contribution in [3.05, 3.63) is 42.5 Å². The molecule has 0 amide bonds. The fourth-order valence-corrected chi connectivity index (χ4v) is 9.31. The lowest BCUT2D eigenvalue weighted by atomic mass is 9.94. The summed E-state index contributed by atoms with van der Waals surface area (Å²) in [6.07, 6.45) is -0.0562. The van der Waals surface area contributed by atoms with Gasteiger partial charge in [0.05, 0.1) is 16.1 Å². The van der Waals surface area contributed by atoms with Crippen LogP contribution in [0.5, 0.6) is 5.75 Å². The molecule has 3 saturated carbocycles. The maximum atomic E-state index is 14.2. The zero-order chi connectivity index (χ0) is 30.3. The summed E-state index contributed by atoms with van der Waals surface area (Å²) in [6.45, 7) is 0.759. The van der Waals surface area contributed by atoms with Crippen molar-refractivity contribution in [2.24, 2.45) is 11.3 Å². The Bertz CT molecular complexity index is 1510. The monoisotopic (exact) mass is 628 g/mol. The number of carbonyl (C=O) groups is 1. The Labute approximate surface area is 246 Å². The van der Waals surface area contributed by atoms with Crippen LogP contribution in [0.2, 0.25) is 0 Å². The molecule has 13 heteroatoms. The van der Waals surface area contributed by atoms with Gasteiger partial charge in [-0.2, -0.15) is 4.31 Å². The minimum Gasteiger partial charge on any atom is -0.491 e. The summed E-state index contributed by atoms with van der Waals surface area (Å²) < 4.78 is 91.3. The number of para-hydroxylation sites is 1. The highest BCUT2D eigenvalue weighted by Crippen LogP contribution is 2.59. The van der Waals surface area contributed by atoms with Gasteiger partial charge in [0.1, 0.15) is 22.7 Å². The minimum atomic E-state index is -4.24. The summed E-state index contributed by atoms with van der Waals surface area (Å²) in [5.74, 6) is -7.24. The highest BCUT2D eigenvalue weighted by molar-refractivity contribution is 8.00. The fourth-order valence-electron chi connectivity index (χ4n) is 6.13. The second-order valence-corrected chi connectivity index (χ2v) is 15.6. The molecule has 1 N–H and O–H groups in total. The molecule has 4 aliphatic rings. The van der Waals surface area contributed by atoms with E-state index in [1.54, 1.807) is 35.2 Å². The Balaban J connectivity index is 1.46. The molecule has 0 saturated heterocycles. The predicted molar refractivity (Wildman–Crippen MR) is 150 cm³/mol. The Hall–Kier alpha value is -2.51. The van der Waals surface area contributed by atoms with Crippen molar-refractivity contribution in [1.82, 2.24) is 4.31 Å². The van der Waals surface area contributed by atoms with Gasteiger partial charge in [-0.05, 0) is 50.3 Å². The summed E-state index contributed by atoms with van der Waals surface area (Å²) in [4.78, 5) is 13.9. The Morgan fingerprint density at radius 3 is 2.38 bits per heavy atom. The van der Waals surface area contributed by atoms with E-state index in [0.29, 0.717) is 29.1 Å². The van der Waals surface area contributed by atoms with Gasteiger partial charge in [-0.25, -0.2) is 26.0 Å². The molecule has 3 aliphatic carbocycles. The van der Waals surface area contributed by atoms with E-state index in [4.69, 9.17) is 4.74 Å². The summed E-state index contributed by atoms with van der Waals surface area (Å²) in [6, 6.07) is 11.9. The first kappa shape index (κ1) is 29.6. The average Bonchev–Trinajstić information content (AvgIpc) is 3.81. The molecule has 2 aromatic rings. The van der Waals surface area contributed by atoms with E-state index in [9.17, 15) is 35.9 Å². The highest BCUT2D eigenvalue weighted by Gasteiger charge is 2.64. The first-order valence-electron chi connectivity index (χ1n) is 13.8. The predicted octanol–water partition coefficient (Wildman–Crippen LogP) is 6.40. The van der Waals surface area contributed by atoms with Gasteiger partial charge in [-0.1, -0.05) is 18.2 Å². The van der Waals surface area contributed by atoms with Gasteiger partial charge >= 0.3 is 5.97 Å². The van der Waals surface area contributed by atoms with Gasteiger partial charge in [0.15, 0.2) is 0 Å². The van der Waals surface area contributed by atoms with Crippen LogP contribution in [0.15, 0.2) is 52.3 Å². The number of ether oxygens (including phenoxy) is 1. The number of benzene rings is 2. The van der Waals surface area contributed by atoms with Gasteiger partial charge in [0, 0.05) is 49.9 Å². The molecule has 1 spiro atoms. The molecule has 3 fully saturated rings. The molecule has 2 unspecified atom stereocenters. The summed E-state index contributed by atoms with van der Waals surface area (Å²) in [5, 5.41) is 9.21. The average molecular weight is 629 g/mol. The molecule has 0 bridgehead atoms. The third-order valence-corrected chi connectivity index (χ3v) is 12.3. The summed E-state index contributed by atoms with van der Waals surface area (Å²) in [7, 11) is -2.84. The lowest BCUT2D eigenvalue weighted by Gasteiger charge is -2.35. The van der Waals surface area contributed by atoms with Gasteiger partial charge in [0.2, 0.25) is 21.9 Å². The number of carboxylic acids is 1. The maximum absolute atomic E-state index is 14.2. The first-order valence-corrected chi connectivity index (χ1v) is 16.2. The van der Waals surface area contributed by atoms with Gasteiger partial charge in [-0.15, -0.1) is 11.8 Å². The number of rotatable bonds is 9. The molecule has 2 atom stereocenters. The van der Waals surface area contributed by atoms with Crippen LogP contribution in [0.25, 0.3) is 0 Å². The van der Waals surface area contributed by atoms with Crippen LogP contribution in [0, 0.1) is 11.3 Å². The van der Waals surface area contributed by atoms with E-state index >= 15 is 0 Å². The molecule has 2 aromatic carbocycles. The molecule has 1 heterocycles. The molecule has 0 radical (unpaired) electrons. The third-order valence-electron chi connectivity index (χ3n) is 9.04. The quantitative estimate of drug-likeness (QED) is 0.322. The zero-order valence-electron chi connectivity index (χ0n) is 23.2. The standard InChI is InChI=1S/C29H32F4N2O5S2/c1-26(30,31)12-18-13-28(18)16-35(19-6-4-3-5-7-19)21-10-23(41-20-14-29(32,33)15-20)22(11-24(21)42(38,39)34(28)2)40-17-27(8-9-27)25(36)37/h3-7,10-11,18,20H,8-9,12-17H2,1-2H3,(H,36,37). The van der Waals surface area contributed by atoms with Crippen molar-refractivity contribution in [2.45, 2.75) is 77.9 Å². The number of thioether (sulfide) groups is 1. The normalized spacial score (nSPS) is 27.6. The van der Waals surface area contributed by atoms with Crippen molar-refractivity contribution >= 4 is 39.1 Å². The second-order valence-electron chi connectivity index (χ2n) is 12.3. The van der Waals surface area contributed by atoms with Crippen molar-refractivity contribution in [1.29, 1.82) is 0 Å². The number of hydrogen-bond donors (Lipinski definition) is 1. The fraction of sp³-hybridized carbons (Fsp3) is 0.552. The van der Waals surface area contributed by atoms with Crippen molar-refractivity contribution < 1.29 is 40.6 Å². The number of nitrogens with zero attached hydrogens (tertiary/aromatic N) is 2. The molecule has 228 valence electrons. The number of fused-ring (bicyclic) bond motifs is 1. The number of carboxylic acid groups (broad SMARTS) is 1. The van der Waals surface area contributed by atoms with Crippen LogP contribution >= 0.6 is 11.8 Å². The number of alkyl halides is 4. The zero-order valence-corrected chi connectivity index (χ0v) is 24.8. The van der Waals surface area contributed by atoms with E-state index in [2.05, 4.69) is 0 Å². The summed E-state index contributed by atoms with van der Waals surface area (Å²) >= 11 is 1.15. The van der Waals surface area contributed by atoms with Crippen LogP contribution in [0.3, 0.4) is 0 Å². The van der Waals surface area contributed by atoms with Crippen molar-refractivity contribution in [3.63, 3.8) is 0 Å². The number of halogens is 4. The van der Waals surface area contributed by atoms with E-state index in [0.717, 1.165) is 18.7 Å². The lowest BCUT2D eigenvalue weighted by molar-refractivity contribution is -0.144. The SMILES string of the molecule is CN1C2(CC2CC(C)(F)F)CN(c2ccccc2)c2cc(SC3CC(F)(F)C3)c(OCC3(C(=O)O)CC3)cc2S1(=O)=O. The third kappa shape index (κ3) is 5.25. The smallest absolute Gasteiger partial charge is 0.313 e. The van der Waals surface area contributed by atoms with E-state index in [-0.39, 0.29) is 43.1 Å². The first-order chi connectivity index (χ1) is 19.6. The Morgan fingerprint density at radius 1 is 1.14 bits per heavy atom. The van der Waals surface area contributed by atoms with Crippen molar-refractivity contribution in [2.75, 3.05) is 25.1 Å². The Kier molecular flexibility index (Phi) is 6.86. The second kappa shape index (κ2) is 9.75. The number of aliphatic carboxylic acids is 1. The van der Waals surface area contributed by atoms with Crippen molar-refractivity contribution in [3.8, 4) is 5.75 Å². The molecule has 0 aromatic heterocycles. The van der Waals surface area contributed by atoms with Crippen LogP contribution in [-0.4, -0.2) is 66.6 Å². The van der Waals surface area contributed by atoms with E-state index in [1.165, 1.54) is 17.4 Å². The number of sulfonamides is 1. The van der Waals surface area contributed by atoms with Gasteiger partial charge < -0.3 is 14.7 Å². The van der Waals surface area contributed by atoms with Crippen LogP contribution in [-0.2, 0) is 14.8 Å². The number of hydrogen-bond acceptors (Lipinski definition) is 6. The largest absolute Gasteiger partial charge is 0.491 e. The van der Waals surface area contributed by atoms with Gasteiger partial charge in [-0.3, -0.25) is 4.79 Å². The molecular formula is C29H32F4N2O5S2. The molecule has 7 nitrogen and oxygen atoms in total. The van der Waals surface area contributed by atoms with Crippen LogP contribution in [0.1, 0.15) is 45.4 Å². The topological polar surface area (TPSA) is 87.2 Å². The molecular weight excluding hydrogens is 596 g/mol. The van der Waals surface area contributed by atoms with E-state index in [1.807, 2.05) is 6.07 Å². The molecule has 6 rings (SSSR count). The van der Waals surface area contributed by atoms with Gasteiger partial charge in [0.25, 0.3) is 0 Å². The summed E-state index contributed by atoms with van der Waals surface area (Å²) in [5.41, 5.74) is -1.21. The van der Waals surface area contributed by atoms with E-state index < -0.39 is 56.4 Å². The highest BCUT2D eigenvalue weighted by atomic mass is 32.2.